The highest BCUT2D eigenvalue weighted by Gasteiger charge is 2.49. The molecule has 4 N–H and O–H groups in total. The number of amides is 2. The molecule has 2 aliphatic carbocycles. The second-order valence-electron chi connectivity index (χ2n) is 10.4. The maximum Gasteiger partial charge on any atom is 0.233 e. The maximum atomic E-state index is 12.6. The summed E-state index contributed by atoms with van der Waals surface area (Å²) in [6.07, 6.45) is 5.52. The van der Waals surface area contributed by atoms with Crippen LogP contribution >= 0.6 is 11.8 Å². The summed E-state index contributed by atoms with van der Waals surface area (Å²) in [5.74, 6) is 2.30. The smallest absolute Gasteiger partial charge is 0.233 e. The van der Waals surface area contributed by atoms with Crippen LogP contribution in [0.2, 0.25) is 0 Å². The fourth-order valence-electron chi connectivity index (χ4n) is 6.79. The Morgan fingerprint density at radius 1 is 1.03 bits per heavy atom. The van der Waals surface area contributed by atoms with Gasteiger partial charge in [0, 0.05) is 38.3 Å². The summed E-state index contributed by atoms with van der Waals surface area (Å²) < 4.78 is 0. The van der Waals surface area contributed by atoms with Gasteiger partial charge in [-0.15, -0.1) is 0 Å². The molecule has 8 atom stereocenters. The van der Waals surface area contributed by atoms with E-state index in [2.05, 4.69) is 15.5 Å². The molecule has 2 saturated carbocycles. The zero-order valence-electron chi connectivity index (χ0n) is 18.8. The van der Waals surface area contributed by atoms with Gasteiger partial charge < -0.3 is 15.5 Å². The van der Waals surface area contributed by atoms with E-state index in [1.807, 2.05) is 0 Å². The standard InChI is InChI=1S/C23H38N4O4S/c28-19-15(10-18(20(19)29)26-8-6-14-11-24-13-25-21(14)26)12-32-9-3-7-27-22(30)16-4-1-2-5-17(16)23(27)31/h14-21,24-25,28-29H,1-13H2/t14?,15-,16?,17?,18-,19-,20+,21?/m1/s1. The normalized spacial score (nSPS) is 42.5. The minimum atomic E-state index is -0.695. The van der Waals surface area contributed by atoms with Crippen LogP contribution in [0.1, 0.15) is 44.9 Å². The van der Waals surface area contributed by atoms with E-state index < -0.39 is 12.2 Å². The summed E-state index contributed by atoms with van der Waals surface area (Å²) >= 11 is 1.77. The molecule has 5 fully saturated rings. The largest absolute Gasteiger partial charge is 0.390 e. The van der Waals surface area contributed by atoms with Crippen molar-refractivity contribution in [3.05, 3.63) is 0 Å². The van der Waals surface area contributed by atoms with E-state index in [0.29, 0.717) is 18.6 Å². The van der Waals surface area contributed by atoms with Crippen molar-refractivity contribution in [3.8, 4) is 0 Å². The van der Waals surface area contributed by atoms with Crippen molar-refractivity contribution < 1.29 is 19.8 Å². The molecule has 5 aliphatic rings. The van der Waals surface area contributed by atoms with Crippen molar-refractivity contribution in [1.82, 2.24) is 20.4 Å². The number of nitrogens with zero attached hydrogens (tertiary/aromatic N) is 2. The number of carbonyl (C=O) groups is 2. The van der Waals surface area contributed by atoms with Crippen molar-refractivity contribution in [2.24, 2.45) is 23.7 Å². The van der Waals surface area contributed by atoms with Crippen LogP contribution in [0.25, 0.3) is 0 Å². The maximum absolute atomic E-state index is 12.6. The number of aliphatic hydroxyl groups is 2. The highest BCUT2D eigenvalue weighted by atomic mass is 32.2. The Morgan fingerprint density at radius 3 is 2.53 bits per heavy atom. The van der Waals surface area contributed by atoms with Crippen LogP contribution in [0.5, 0.6) is 0 Å². The molecule has 0 radical (unpaired) electrons. The third-order valence-electron chi connectivity index (χ3n) is 8.54. The van der Waals surface area contributed by atoms with Gasteiger partial charge in [0.1, 0.15) is 0 Å². The average Bonchev–Trinajstić information content (AvgIpc) is 3.43. The topological polar surface area (TPSA) is 105 Å². The third kappa shape index (κ3) is 4.25. The van der Waals surface area contributed by atoms with Crippen molar-refractivity contribution in [2.75, 3.05) is 37.8 Å². The molecule has 0 aromatic heterocycles. The number of hydrogen-bond acceptors (Lipinski definition) is 8. The first kappa shape index (κ1) is 23.1. The first-order valence-corrected chi connectivity index (χ1v) is 13.7. The number of hydrogen-bond donors (Lipinski definition) is 4. The van der Waals surface area contributed by atoms with E-state index in [1.54, 1.807) is 11.8 Å². The van der Waals surface area contributed by atoms with Gasteiger partial charge in [0.05, 0.1) is 30.2 Å². The minimum absolute atomic E-state index is 0.0133. The number of thioether (sulfide) groups is 1. The lowest BCUT2D eigenvalue weighted by Crippen LogP contribution is -2.58. The van der Waals surface area contributed by atoms with Crippen LogP contribution in [-0.2, 0) is 9.59 Å². The van der Waals surface area contributed by atoms with Crippen molar-refractivity contribution in [1.29, 1.82) is 0 Å². The molecule has 0 bridgehead atoms. The lowest BCUT2D eigenvalue weighted by Gasteiger charge is -2.37. The number of rotatable bonds is 7. The molecule has 3 heterocycles. The highest BCUT2D eigenvalue weighted by Crippen LogP contribution is 2.39. The number of likely N-dealkylation sites (tertiary alicyclic amines) is 2. The van der Waals surface area contributed by atoms with E-state index in [9.17, 15) is 19.8 Å². The van der Waals surface area contributed by atoms with E-state index in [-0.39, 0.29) is 35.6 Å². The molecule has 0 aromatic carbocycles. The molecule has 5 rings (SSSR count). The van der Waals surface area contributed by atoms with Gasteiger partial charge in [-0.2, -0.15) is 11.8 Å². The predicted octanol–water partition coefficient (Wildman–Crippen LogP) is 0.194. The number of imide groups is 1. The Bertz CT molecular complexity index is 687. The van der Waals surface area contributed by atoms with E-state index >= 15 is 0 Å². The zero-order valence-corrected chi connectivity index (χ0v) is 19.6. The van der Waals surface area contributed by atoms with Gasteiger partial charge in [0.15, 0.2) is 0 Å². The number of fused-ring (bicyclic) bond motifs is 2. The molecular weight excluding hydrogens is 428 g/mol. The molecule has 9 heteroatoms. The van der Waals surface area contributed by atoms with Crippen LogP contribution in [0.15, 0.2) is 0 Å². The summed E-state index contributed by atoms with van der Waals surface area (Å²) in [5.41, 5.74) is 0. The number of aliphatic hydroxyl groups excluding tert-OH is 2. The number of nitrogens with one attached hydrogen (secondary N) is 2. The second kappa shape index (κ2) is 9.88. The summed E-state index contributed by atoms with van der Waals surface area (Å²) in [7, 11) is 0. The highest BCUT2D eigenvalue weighted by molar-refractivity contribution is 7.99. The first-order chi connectivity index (χ1) is 15.6. The van der Waals surface area contributed by atoms with Crippen LogP contribution in [0.4, 0.5) is 0 Å². The fourth-order valence-corrected chi connectivity index (χ4v) is 7.93. The van der Waals surface area contributed by atoms with E-state index in [4.69, 9.17) is 0 Å². The van der Waals surface area contributed by atoms with Gasteiger partial charge >= 0.3 is 0 Å². The Hall–Kier alpha value is -0.710. The first-order valence-electron chi connectivity index (χ1n) is 12.5. The van der Waals surface area contributed by atoms with Gasteiger partial charge in [0.25, 0.3) is 0 Å². The second-order valence-corrected chi connectivity index (χ2v) is 11.5. The van der Waals surface area contributed by atoms with Gasteiger partial charge in [-0.05, 0) is 49.5 Å². The van der Waals surface area contributed by atoms with Crippen LogP contribution in [0, 0.1) is 23.7 Å². The monoisotopic (exact) mass is 466 g/mol. The summed E-state index contributed by atoms with van der Waals surface area (Å²) in [6.45, 7) is 3.30. The molecule has 8 nitrogen and oxygen atoms in total. The predicted molar refractivity (Wildman–Crippen MR) is 123 cm³/mol. The molecular formula is C23H38N4O4S. The van der Waals surface area contributed by atoms with E-state index in [0.717, 1.165) is 76.2 Å². The molecule has 4 unspecified atom stereocenters. The van der Waals surface area contributed by atoms with Crippen LogP contribution in [-0.4, -0.2) is 94.1 Å². The van der Waals surface area contributed by atoms with Gasteiger partial charge in [-0.3, -0.25) is 24.7 Å². The van der Waals surface area contributed by atoms with Crippen molar-refractivity contribution >= 4 is 23.6 Å². The van der Waals surface area contributed by atoms with E-state index in [1.165, 1.54) is 4.90 Å². The van der Waals surface area contributed by atoms with Gasteiger partial charge in [-0.25, -0.2) is 0 Å². The Labute approximate surface area is 194 Å². The molecule has 0 spiro atoms. The molecule has 3 aliphatic heterocycles. The Morgan fingerprint density at radius 2 is 1.78 bits per heavy atom. The summed E-state index contributed by atoms with van der Waals surface area (Å²) in [4.78, 5) is 29.1. The molecule has 32 heavy (non-hydrogen) atoms. The molecule has 2 amide bonds. The lowest BCUT2D eigenvalue weighted by molar-refractivity contribution is -0.139. The Balaban J connectivity index is 1.06. The van der Waals surface area contributed by atoms with Crippen LogP contribution in [0.3, 0.4) is 0 Å². The average molecular weight is 467 g/mol. The summed E-state index contributed by atoms with van der Waals surface area (Å²) in [5, 5.41) is 28.3. The number of carbonyl (C=O) groups excluding carboxylic acids is 2. The SMILES string of the molecule is O=C1C2CCCCC2C(=O)N1CCCSC[C@H]1C[C@@H](N2CCC3CNCNC32)[C@H](O)[C@@H]1O. The quantitative estimate of drug-likeness (QED) is 0.311. The molecule has 3 saturated heterocycles. The van der Waals surface area contributed by atoms with Gasteiger partial charge in [-0.1, -0.05) is 12.8 Å². The zero-order chi connectivity index (χ0) is 22.2. The van der Waals surface area contributed by atoms with Gasteiger partial charge in [0.2, 0.25) is 11.8 Å². The molecule has 0 aromatic rings. The lowest BCUT2D eigenvalue weighted by atomic mass is 9.81. The van der Waals surface area contributed by atoms with Crippen molar-refractivity contribution in [3.63, 3.8) is 0 Å². The molecule has 180 valence electrons. The van der Waals surface area contributed by atoms with Crippen molar-refractivity contribution in [2.45, 2.75) is 69.4 Å². The summed E-state index contributed by atoms with van der Waals surface area (Å²) in [6, 6.07) is 0.0133. The van der Waals surface area contributed by atoms with Crippen LogP contribution < -0.4 is 10.6 Å². The fraction of sp³-hybridized carbons (Fsp3) is 0.913. The third-order valence-corrected chi connectivity index (χ3v) is 9.78. The minimum Gasteiger partial charge on any atom is -0.390 e. The Kier molecular flexibility index (Phi) is 7.12.